The Bertz CT molecular complexity index is 288. The van der Waals surface area contributed by atoms with Gasteiger partial charge in [-0.15, -0.1) is 0 Å². The maximum atomic E-state index is 12.6. The minimum atomic E-state index is 0.0835. The highest BCUT2D eigenvalue weighted by molar-refractivity contribution is 5.80. The summed E-state index contributed by atoms with van der Waals surface area (Å²) in [5.74, 6) is 0.467. The summed E-state index contributed by atoms with van der Waals surface area (Å²) in [6.07, 6.45) is 6.62. The molecule has 98 valence electrons. The van der Waals surface area contributed by atoms with E-state index in [-0.39, 0.29) is 24.0 Å². The van der Waals surface area contributed by atoms with E-state index in [1.807, 2.05) is 4.90 Å². The minimum absolute atomic E-state index is 0.0835. The first-order valence-corrected chi connectivity index (χ1v) is 6.97. The van der Waals surface area contributed by atoms with Crippen LogP contribution in [0.15, 0.2) is 0 Å². The van der Waals surface area contributed by atoms with Crippen LogP contribution in [0, 0.1) is 11.3 Å². The van der Waals surface area contributed by atoms with Gasteiger partial charge in [0, 0.05) is 12.5 Å². The molecule has 0 aromatic heterocycles. The van der Waals surface area contributed by atoms with Gasteiger partial charge < -0.3 is 10.0 Å². The van der Waals surface area contributed by atoms with Gasteiger partial charge in [0.2, 0.25) is 5.91 Å². The Hall–Kier alpha value is -0.570. The average Bonchev–Trinajstić information content (AvgIpc) is 2.75. The van der Waals surface area contributed by atoms with Gasteiger partial charge in [-0.1, -0.05) is 26.7 Å². The molecule has 1 heterocycles. The predicted molar refractivity (Wildman–Crippen MR) is 67.6 cm³/mol. The molecular weight excluding hydrogens is 214 g/mol. The quantitative estimate of drug-likeness (QED) is 0.802. The van der Waals surface area contributed by atoms with Gasteiger partial charge >= 0.3 is 0 Å². The minimum Gasteiger partial charge on any atom is -0.394 e. The highest BCUT2D eigenvalue weighted by atomic mass is 16.3. The van der Waals surface area contributed by atoms with Crippen molar-refractivity contribution in [2.45, 2.75) is 58.4 Å². The maximum Gasteiger partial charge on any atom is 0.226 e. The lowest BCUT2D eigenvalue weighted by Crippen LogP contribution is -2.46. The van der Waals surface area contributed by atoms with Gasteiger partial charge in [0.25, 0.3) is 0 Å². The van der Waals surface area contributed by atoms with E-state index >= 15 is 0 Å². The van der Waals surface area contributed by atoms with E-state index in [2.05, 4.69) is 13.8 Å². The number of rotatable bonds is 2. The molecule has 3 heteroatoms. The summed E-state index contributed by atoms with van der Waals surface area (Å²) in [5, 5.41) is 9.32. The molecule has 0 aromatic carbocycles. The van der Waals surface area contributed by atoms with Gasteiger partial charge in [-0.3, -0.25) is 4.79 Å². The Morgan fingerprint density at radius 1 is 1.29 bits per heavy atom. The van der Waals surface area contributed by atoms with Crippen molar-refractivity contribution in [2.24, 2.45) is 11.3 Å². The molecular formula is C14H25NO2. The summed E-state index contributed by atoms with van der Waals surface area (Å²) in [5.41, 5.74) is 0.137. The molecule has 17 heavy (non-hydrogen) atoms. The van der Waals surface area contributed by atoms with Gasteiger partial charge in [-0.05, 0) is 31.1 Å². The second-order valence-electron chi connectivity index (χ2n) is 6.30. The number of carbonyl (C=O) groups excluding carboxylic acids is 1. The van der Waals surface area contributed by atoms with Crippen LogP contribution < -0.4 is 0 Å². The fraction of sp³-hybridized carbons (Fsp3) is 0.929. The molecule has 1 aliphatic carbocycles. The lowest BCUT2D eigenvalue weighted by molar-refractivity contribution is -0.142. The maximum absolute atomic E-state index is 12.6. The zero-order chi connectivity index (χ0) is 12.5. The molecule has 2 rings (SSSR count). The van der Waals surface area contributed by atoms with Crippen molar-refractivity contribution >= 4 is 5.91 Å². The van der Waals surface area contributed by atoms with Crippen molar-refractivity contribution in [1.29, 1.82) is 0 Å². The fourth-order valence-electron chi connectivity index (χ4n) is 3.47. The lowest BCUT2D eigenvalue weighted by atomic mass is 9.68. The molecule has 1 aliphatic heterocycles. The first-order valence-electron chi connectivity index (χ1n) is 6.97. The van der Waals surface area contributed by atoms with Crippen molar-refractivity contribution in [1.82, 2.24) is 4.90 Å². The Labute approximate surface area is 104 Å². The SMILES string of the molecule is CC1(C)CCCCC1C(=O)N1CCCC1CO. The fourth-order valence-corrected chi connectivity index (χ4v) is 3.47. The van der Waals surface area contributed by atoms with E-state index in [1.165, 1.54) is 12.8 Å². The zero-order valence-corrected chi connectivity index (χ0v) is 11.1. The van der Waals surface area contributed by atoms with Crippen molar-refractivity contribution in [3.05, 3.63) is 0 Å². The van der Waals surface area contributed by atoms with E-state index in [1.54, 1.807) is 0 Å². The van der Waals surface area contributed by atoms with E-state index in [4.69, 9.17) is 0 Å². The molecule has 1 saturated heterocycles. The van der Waals surface area contributed by atoms with Gasteiger partial charge in [0.15, 0.2) is 0 Å². The smallest absolute Gasteiger partial charge is 0.226 e. The Morgan fingerprint density at radius 3 is 2.71 bits per heavy atom. The van der Waals surface area contributed by atoms with Crippen molar-refractivity contribution in [3.63, 3.8) is 0 Å². The third kappa shape index (κ3) is 2.49. The van der Waals surface area contributed by atoms with Crippen molar-refractivity contribution in [3.8, 4) is 0 Å². The molecule has 0 bridgehead atoms. The third-order valence-corrected chi connectivity index (χ3v) is 4.68. The average molecular weight is 239 g/mol. The Balaban J connectivity index is 2.08. The molecule has 2 aliphatic rings. The summed E-state index contributed by atoms with van der Waals surface area (Å²) < 4.78 is 0. The number of aliphatic hydroxyl groups is 1. The summed E-state index contributed by atoms with van der Waals surface area (Å²) in [4.78, 5) is 14.5. The number of hydrogen-bond donors (Lipinski definition) is 1. The molecule has 0 aromatic rings. The number of amides is 1. The van der Waals surface area contributed by atoms with Crippen LogP contribution in [0.5, 0.6) is 0 Å². The van der Waals surface area contributed by atoms with Crippen LogP contribution in [0.2, 0.25) is 0 Å². The van der Waals surface area contributed by atoms with Gasteiger partial charge in [0.1, 0.15) is 0 Å². The van der Waals surface area contributed by atoms with Crippen molar-refractivity contribution < 1.29 is 9.90 Å². The Kier molecular flexibility index (Phi) is 3.76. The molecule has 1 amide bonds. The van der Waals surface area contributed by atoms with Crippen LogP contribution in [-0.4, -0.2) is 35.1 Å². The number of carbonyl (C=O) groups is 1. The van der Waals surface area contributed by atoms with Crippen LogP contribution in [0.4, 0.5) is 0 Å². The molecule has 3 nitrogen and oxygen atoms in total. The van der Waals surface area contributed by atoms with Gasteiger partial charge in [-0.25, -0.2) is 0 Å². The third-order valence-electron chi connectivity index (χ3n) is 4.68. The second-order valence-corrected chi connectivity index (χ2v) is 6.30. The summed E-state index contributed by atoms with van der Waals surface area (Å²) >= 11 is 0. The van der Waals surface area contributed by atoms with E-state index in [0.29, 0.717) is 5.91 Å². The second kappa shape index (κ2) is 4.97. The predicted octanol–water partition coefficient (Wildman–Crippen LogP) is 2.19. The number of aliphatic hydroxyl groups excluding tert-OH is 1. The number of likely N-dealkylation sites (tertiary alicyclic amines) is 1. The normalized spacial score (nSPS) is 32.8. The molecule has 0 radical (unpaired) electrons. The molecule has 2 fully saturated rings. The monoisotopic (exact) mass is 239 g/mol. The van der Waals surface area contributed by atoms with Gasteiger partial charge in [0.05, 0.1) is 12.6 Å². The summed E-state index contributed by atoms with van der Waals surface area (Å²) in [6.45, 7) is 5.41. The topological polar surface area (TPSA) is 40.5 Å². The summed E-state index contributed by atoms with van der Waals surface area (Å²) in [7, 11) is 0. The standard InChI is InChI=1S/C14H25NO2/c1-14(2)8-4-3-7-12(14)13(17)15-9-5-6-11(15)10-16/h11-12,16H,3-10H2,1-2H3. The first kappa shape index (κ1) is 12.9. The molecule has 1 N–H and O–H groups in total. The van der Waals surface area contributed by atoms with E-state index < -0.39 is 0 Å². The highest BCUT2D eigenvalue weighted by Crippen LogP contribution is 2.42. The van der Waals surface area contributed by atoms with Crippen LogP contribution in [0.3, 0.4) is 0 Å². The number of hydrogen-bond acceptors (Lipinski definition) is 2. The zero-order valence-electron chi connectivity index (χ0n) is 11.1. The summed E-state index contributed by atoms with van der Waals surface area (Å²) in [6, 6.07) is 0.0835. The molecule has 2 atom stereocenters. The number of nitrogens with zero attached hydrogens (tertiary/aromatic N) is 1. The van der Waals surface area contributed by atoms with E-state index in [9.17, 15) is 9.90 Å². The van der Waals surface area contributed by atoms with Gasteiger partial charge in [-0.2, -0.15) is 0 Å². The largest absolute Gasteiger partial charge is 0.394 e. The lowest BCUT2D eigenvalue weighted by Gasteiger charge is -2.40. The van der Waals surface area contributed by atoms with E-state index in [0.717, 1.165) is 32.2 Å². The highest BCUT2D eigenvalue weighted by Gasteiger charge is 2.41. The molecule has 1 saturated carbocycles. The van der Waals surface area contributed by atoms with Crippen LogP contribution in [-0.2, 0) is 4.79 Å². The molecule has 2 unspecified atom stereocenters. The van der Waals surface area contributed by atoms with Crippen LogP contribution >= 0.6 is 0 Å². The van der Waals surface area contributed by atoms with Crippen LogP contribution in [0.25, 0.3) is 0 Å². The Morgan fingerprint density at radius 2 is 2.06 bits per heavy atom. The first-order chi connectivity index (χ1) is 8.06. The van der Waals surface area contributed by atoms with Crippen LogP contribution in [0.1, 0.15) is 52.4 Å². The molecule has 0 spiro atoms. The van der Waals surface area contributed by atoms with Crippen molar-refractivity contribution in [2.75, 3.05) is 13.2 Å².